The first-order chi connectivity index (χ1) is 31.2. The number of likely N-dealkylation sites (tertiary alicyclic amines) is 1. The molecule has 1 fully saturated rings. The lowest BCUT2D eigenvalue weighted by Gasteiger charge is -2.34. The van der Waals surface area contributed by atoms with Crippen LogP contribution in [0.25, 0.3) is 0 Å². The summed E-state index contributed by atoms with van der Waals surface area (Å²) < 4.78 is 33.6. The summed E-state index contributed by atoms with van der Waals surface area (Å²) in [6, 6.07) is -0.342. The lowest BCUT2D eigenvalue weighted by molar-refractivity contribution is -0.133. The van der Waals surface area contributed by atoms with Crippen molar-refractivity contribution in [3.63, 3.8) is 0 Å². The summed E-state index contributed by atoms with van der Waals surface area (Å²) >= 11 is 0. The van der Waals surface area contributed by atoms with Crippen molar-refractivity contribution >= 4 is 43.3 Å². The van der Waals surface area contributed by atoms with Crippen molar-refractivity contribution in [2.24, 2.45) is 11.5 Å². The number of ether oxygens (including phenoxy) is 3. The molecular formula is C42H81N8O14P. The Hall–Kier alpha value is -3.31. The maximum Gasteiger partial charge on any atom is 0.469 e. The molecule has 0 aromatic heterocycles. The van der Waals surface area contributed by atoms with Gasteiger partial charge in [0.05, 0.1) is 52.3 Å². The molecule has 1 heterocycles. The lowest BCUT2D eigenvalue weighted by atomic mass is 10.0. The Bertz CT molecular complexity index is 1360. The average Bonchev–Trinajstić information content (AvgIpc) is 3.75. The second kappa shape index (κ2) is 37.7. The van der Waals surface area contributed by atoms with Gasteiger partial charge in [0.2, 0.25) is 35.4 Å². The minimum absolute atomic E-state index is 0.00732. The topological polar surface area (TPSA) is 333 Å². The number of amides is 6. The number of nitrogens with zero attached hydrogens (tertiary/aromatic N) is 1. The molecule has 12 N–H and O–H groups in total. The van der Waals surface area contributed by atoms with Crippen molar-refractivity contribution in [3.05, 3.63) is 0 Å². The molecular weight excluding hydrogens is 871 g/mol. The van der Waals surface area contributed by atoms with Gasteiger partial charge in [-0.3, -0.25) is 33.3 Å². The molecule has 1 aliphatic rings. The number of rotatable bonds is 42. The molecule has 378 valence electrons. The van der Waals surface area contributed by atoms with E-state index < -0.39 is 13.4 Å². The third-order valence-corrected chi connectivity index (χ3v) is 10.8. The minimum atomic E-state index is -4.61. The van der Waals surface area contributed by atoms with Gasteiger partial charge in [-0.15, -0.1) is 0 Å². The molecule has 1 aliphatic heterocycles. The molecule has 0 radical (unpaired) electrons. The van der Waals surface area contributed by atoms with E-state index in [0.717, 1.165) is 32.1 Å². The van der Waals surface area contributed by atoms with Crippen molar-refractivity contribution in [3.8, 4) is 0 Å². The summed E-state index contributed by atoms with van der Waals surface area (Å²) in [6.45, 7) is 2.68. The fourth-order valence-corrected chi connectivity index (χ4v) is 7.14. The third kappa shape index (κ3) is 32.9. The number of carbonyl (C=O) groups is 6. The fourth-order valence-electron chi connectivity index (χ4n) is 6.78. The van der Waals surface area contributed by atoms with Crippen LogP contribution in [0.3, 0.4) is 0 Å². The Morgan fingerprint density at radius 3 is 1.49 bits per heavy atom. The van der Waals surface area contributed by atoms with Crippen molar-refractivity contribution in [2.45, 2.75) is 134 Å². The van der Waals surface area contributed by atoms with Crippen molar-refractivity contribution < 1.29 is 67.0 Å². The van der Waals surface area contributed by atoms with Gasteiger partial charge in [0.15, 0.2) is 0 Å². The van der Waals surface area contributed by atoms with E-state index in [2.05, 4.69) is 31.1 Å². The van der Waals surface area contributed by atoms with Crippen LogP contribution in [0, 0.1) is 0 Å². The maximum atomic E-state index is 13.5. The molecule has 1 saturated heterocycles. The predicted molar refractivity (Wildman–Crippen MR) is 242 cm³/mol. The fraction of sp³-hybridized carbons (Fsp3) is 0.857. The van der Waals surface area contributed by atoms with Gasteiger partial charge in [-0.2, -0.15) is 0 Å². The number of aliphatic hydroxyl groups is 1. The summed E-state index contributed by atoms with van der Waals surface area (Å²) in [5.74, 6) is -1.15. The Morgan fingerprint density at radius 2 is 1.02 bits per heavy atom. The summed E-state index contributed by atoms with van der Waals surface area (Å²) in [4.78, 5) is 95.0. The van der Waals surface area contributed by atoms with Gasteiger partial charge in [0, 0.05) is 77.9 Å². The van der Waals surface area contributed by atoms with E-state index in [1.807, 2.05) is 0 Å². The number of hydrogen-bond donors (Lipinski definition) is 10. The Labute approximate surface area is 384 Å². The van der Waals surface area contributed by atoms with Crippen LogP contribution in [0.2, 0.25) is 0 Å². The largest absolute Gasteiger partial charge is 0.469 e. The van der Waals surface area contributed by atoms with Crippen LogP contribution in [0.15, 0.2) is 0 Å². The van der Waals surface area contributed by atoms with E-state index in [1.165, 1.54) is 0 Å². The van der Waals surface area contributed by atoms with E-state index >= 15 is 0 Å². The standard InChI is InChI=1S/C42H81N8O14P/c43-20-10-22-45-37(53)17-28-61-32-42(33-62-29-18-38(54)46-23-11-21-44,34-63-30-19-39(55)48-25-12-24-47-36(52)14-7-8-27-51)49-40(56)15-5-3-1-2-4-6-16-41(57)50-26-9-13-35(50)31-64-65(58,59)60/h35,51H,1-34,43-44H2,(H,45,53)(H,46,54)(H,47,52)(H,48,55)(H,49,56)(H2,58,59,60)/t35-/m0/s1. The van der Waals surface area contributed by atoms with Gasteiger partial charge < -0.3 is 72.1 Å². The van der Waals surface area contributed by atoms with E-state index in [0.29, 0.717) is 110 Å². The number of nitrogens with two attached hydrogens (primary N) is 2. The van der Waals surface area contributed by atoms with Crippen LogP contribution in [-0.2, 0) is 52.1 Å². The zero-order valence-electron chi connectivity index (χ0n) is 38.5. The Balaban J connectivity index is 2.77. The van der Waals surface area contributed by atoms with Crippen LogP contribution in [0.4, 0.5) is 0 Å². The number of aliphatic hydroxyl groups excluding tert-OH is 1. The summed E-state index contributed by atoms with van der Waals surface area (Å²) in [6.07, 6.45) is 9.87. The van der Waals surface area contributed by atoms with Gasteiger partial charge >= 0.3 is 7.82 Å². The molecule has 65 heavy (non-hydrogen) atoms. The van der Waals surface area contributed by atoms with Crippen LogP contribution in [0.1, 0.15) is 122 Å². The highest BCUT2D eigenvalue weighted by Gasteiger charge is 2.34. The first-order valence-corrected chi connectivity index (χ1v) is 24.9. The number of phosphoric ester groups is 1. The van der Waals surface area contributed by atoms with E-state index in [-0.39, 0.29) is 120 Å². The Kier molecular flexibility index (Phi) is 34.7. The number of unbranched alkanes of at least 4 members (excludes halogenated alkanes) is 6. The van der Waals surface area contributed by atoms with E-state index in [9.17, 15) is 33.3 Å². The van der Waals surface area contributed by atoms with Gasteiger partial charge in [-0.1, -0.05) is 25.7 Å². The molecule has 0 aromatic carbocycles. The first kappa shape index (κ1) is 59.7. The zero-order valence-corrected chi connectivity index (χ0v) is 39.4. The SMILES string of the molecule is NCCCNC(=O)CCOCC(COCCC(=O)NCCCN)(COCCC(=O)NCCCNC(=O)CCCCO)NC(=O)CCCCCCCCC(=O)N1CCC[C@H]1COP(=O)(O)O. The highest BCUT2D eigenvalue weighted by molar-refractivity contribution is 7.46. The molecule has 0 aliphatic carbocycles. The average molecular weight is 953 g/mol. The van der Waals surface area contributed by atoms with E-state index in [4.69, 9.17) is 40.6 Å². The second-order valence-corrected chi connectivity index (χ2v) is 17.5. The second-order valence-electron chi connectivity index (χ2n) is 16.2. The van der Waals surface area contributed by atoms with Crippen LogP contribution < -0.4 is 38.1 Å². The number of phosphoric acid groups is 1. The Morgan fingerprint density at radius 1 is 0.585 bits per heavy atom. The molecule has 23 heteroatoms. The third-order valence-electron chi connectivity index (χ3n) is 10.4. The maximum absolute atomic E-state index is 13.5. The predicted octanol–water partition coefficient (Wildman–Crippen LogP) is -0.00230. The van der Waals surface area contributed by atoms with Crippen LogP contribution in [-0.4, -0.2) is 165 Å². The summed E-state index contributed by atoms with van der Waals surface area (Å²) in [5, 5.41) is 23.0. The summed E-state index contributed by atoms with van der Waals surface area (Å²) in [5.41, 5.74) is 9.80. The molecule has 0 unspecified atom stereocenters. The molecule has 0 spiro atoms. The van der Waals surface area contributed by atoms with E-state index in [1.54, 1.807) is 4.90 Å². The first-order valence-electron chi connectivity index (χ1n) is 23.4. The lowest BCUT2D eigenvalue weighted by Crippen LogP contribution is -2.58. The number of nitrogens with one attached hydrogen (secondary N) is 5. The molecule has 0 bridgehead atoms. The molecule has 1 atom stereocenters. The van der Waals surface area contributed by atoms with Gasteiger partial charge in [0.25, 0.3) is 0 Å². The van der Waals surface area contributed by atoms with Crippen molar-refractivity contribution in [1.29, 1.82) is 0 Å². The van der Waals surface area contributed by atoms with Crippen LogP contribution >= 0.6 is 7.82 Å². The van der Waals surface area contributed by atoms with Crippen LogP contribution in [0.5, 0.6) is 0 Å². The molecule has 6 amide bonds. The van der Waals surface area contributed by atoms with Crippen molar-refractivity contribution in [2.75, 3.05) is 98.7 Å². The number of carbonyl (C=O) groups excluding carboxylic acids is 6. The molecule has 22 nitrogen and oxygen atoms in total. The molecule has 0 aromatic rings. The quantitative estimate of drug-likeness (QED) is 0.0284. The van der Waals surface area contributed by atoms with Gasteiger partial charge in [0.1, 0.15) is 5.54 Å². The minimum Gasteiger partial charge on any atom is -0.396 e. The van der Waals surface area contributed by atoms with Crippen molar-refractivity contribution in [1.82, 2.24) is 31.5 Å². The molecule has 0 saturated carbocycles. The zero-order chi connectivity index (χ0) is 48.0. The smallest absolute Gasteiger partial charge is 0.396 e. The highest BCUT2D eigenvalue weighted by atomic mass is 31.2. The highest BCUT2D eigenvalue weighted by Crippen LogP contribution is 2.37. The monoisotopic (exact) mass is 953 g/mol. The van der Waals surface area contributed by atoms with Gasteiger partial charge in [-0.05, 0) is 70.9 Å². The summed E-state index contributed by atoms with van der Waals surface area (Å²) in [7, 11) is -4.61. The normalized spacial score (nSPS) is 14.0. The number of hydrogen-bond acceptors (Lipinski definition) is 14. The molecule has 1 rings (SSSR count). The van der Waals surface area contributed by atoms with Gasteiger partial charge in [-0.25, -0.2) is 4.57 Å².